The van der Waals surface area contributed by atoms with Crippen molar-refractivity contribution in [3.8, 4) is 11.1 Å². The van der Waals surface area contributed by atoms with Crippen molar-refractivity contribution in [3.63, 3.8) is 0 Å². The van der Waals surface area contributed by atoms with Gasteiger partial charge in [0.15, 0.2) is 5.58 Å². The minimum Gasteiger partial charge on any atom is -0.463 e. The second-order valence-electron chi connectivity index (χ2n) is 9.80. The van der Waals surface area contributed by atoms with Crippen LogP contribution in [0, 0.1) is 0 Å². The molecule has 0 saturated heterocycles. The summed E-state index contributed by atoms with van der Waals surface area (Å²) in [6.45, 7) is 0.764. The Labute approximate surface area is 233 Å². The third-order valence-corrected chi connectivity index (χ3v) is 8.25. The molecule has 4 aromatic heterocycles. The van der Waals surface area contributed by atoms with Crippen LogP contribution < -0.4 is 10.2 Å². The van der Waals surface area contributed by atoms with E-state index in [1.807, 2.05) is 25.4 Å². The first-order chi connectivity index (χ1) is 18.3. The average molecular weight is 574 g/mol. The maximum absolute atomic E-state index is 12.9. The molecule has 11 heteroatoms. The lowest BCUT2D eigenvalue weighted by molar-refractivity contribution is -0.126. The lowest BCUT2D eigenvalue weighted by Crippen LogP contribution is -2.33. The van der Waals surface area contributed by atoms with Crippen LogP contribution in [0.25, 0.3) is 32.4 Å². The van der Waals surface area contributed by atoms with Crippen molar-refractivity contribution >= 4 is 50.9 Å². The fraction of sp³-hybridized carbons (Fsp3) is 0.321. The maximum Gasteiger partial charge on any atom is 0.393 e. The van der Waals surface area contributed by atoms with Crippen molar-refractivity contribution in [2.45, 2.75) is 50.5 Å². The maximum atomic E-state index is 12.9. The molecule has 0 amide bonds. The Morgan fingerprint density at radius 3 is 2.67 bits per heavy atom. The van der Waals surface area contributed by atoms with E-state index in [1.165, 1.54) is 11.9 Å². The summed E-state index contributed by atoms with van der Waals surface area (Å²) in [5, 5.41) is 4.36. The van der Waals surface area contributed by atoms with Gasteiger partial charge in [0.2, 0.25) is 0 Å². The summed E-state index contributed by atoms with van der Waals surface area (Å²) in [6.07, 6.45) is 2.72. The molecule has 0 spiro atoms. The Bertz CT molecular complexity index is 1570. The molecular weight excluding hydrogens is 547 g/mol. The number of alkyl halides is 3. The number of halogens is 4. The van der Waals surface area contributed by atoms with Crippen LogP contribution in [0.4, 0.5) is 19.0 Å². The van der Waals surface area contributed by atoms with Crippen molar-refractivity contribution in [2.24, 2.45) is 0 Å². The molecule has 1 aliphatic carbocycles. The molecule has 1 aliphatic rings. The number of nitrogens with zero attached hydrogens (tertiary/aromatic N) is 4. The van der Waals surface area contributed by atoms with Gasteiger partial charge in [-0.25, -0.2) is 9.97 Å². The van der Waals surface area contributed by atoms with Gasteiger partial charge in [-0.05, 0) is 42.5 Å². The highest BCUT2D eigenvalue weighted by Gasteiger charge is 2.31. The predicted molar refractivity (Wildman–Crippen MR) is 151 cm³/mol. The molecule has 1 saturated carbocycles. The molecular formula is C28H27ClF3N5OS. The molecule has 39 heavy (non-hydrogen) atoms. The average Bonchev–Trinajstić information content (AvgIpc) is 3.65. The highest BCUT2D eigenvalue weighted by Crippen LogP contribution is 2.36. The normalized spacial score (nSPS) is 17.5. The van der Waals surface area contributed by atoms with E-state index in [0.717, 1.165) is 59.4 Å². The summed E-state index contributed by atoms with van der Waals surface area (Å²) in [5.41, 5.74) is 4.93. The Balaban J connectivity index is 0.00000308. The minimum absolute atomic E-state index is 0. The van der Waals surface area contributed by atoms with Gasteiger partial charge in [0.1, 0.15) is 22.5 Å². The highest BCUT2D eigenvalue weighted by molar-refractivity contribution is 7.18. The van der Waals surface area contributed by atoms with Crippen molar-refractivity contribution in [3.05, 3.63) is 71.7 Å². The van der Waals surface area contributed by atoms with Gasteiger partial charge in [-0.1, -0.05) is 24.3 Å². The van der Waals surface area contributed by atoms with Crippen LogP contribution in [0.5, 0.6) is 0 Å². The largest absolute Gasteiger partial charge is 0.463 e. The molecule has 0 unspecified atom stereocenters. The van der Waals surface area contributed by atoms with Crippen LogP contribution in [0.15, 0.2) is 65.7 Å². The fourth-order valence-electron chi connectivity index (χ4n) is 5.21. The first-order valence-electron chi connectivity index (χ1n) is 12.5. The Hall–Kier alpha value is -3.21. The molecule has 0 bridgehead atoms. The second-order valence-corrected chi connectivity index (χ2v) is 10.9. The van der Waals surface area contributed by atoms with Crippen LogP contribution in [-0.4, -0.2) is 40.3 Å². The van der Waals surface area contributed by atoms with Crippen LogP contribution >= 0.6 is 23.7 Å². The Kier molecular flexibility index (Phi) is 7.80. The number of hydrogen-bond acceptors (Lipinski definition) is 7. The third-order valence-electron chi connectivity index (χ3n) is 7.21. The summed E-state index contributed by atoms with van der Waals surface area (Å²) < 4.78 is 44.2. The predicted octanol–water partition coefficient (Wildman–Crippen LogP) is 7.17. The van der Waals surface area contributed by atoms with Gasteiger partial charge >= 0.3 is 6.18 Å². The number of pyridine rings is 1. The van der Waals surface area contributed by atoms with E-state index < -0.39 is 12.6 Å². The summed E-state index contributed by atoms with van der Waals surface area (Å²) in [7, 11) is 1.98. The number of rotatable bonds is 7. The zero-order chi connectivity index (χ0) is 26.3. The smallest absolute Gasteiger partial charge is 0.393 e. The molecule has 5 aromatic rings. The standard InChI is InChI=1S/C28H26F3N5OS.ClH/c1-36(26-23-12-22(13-28(29,30)31)38-27(23)35-16-34-26)21-7-6-20(11-21)32-14-17-2-4-18(5-3-17)19-10-25-24(33-15-19)8-9-37-25;/h2-5,8-10,12,15-16,20-21,32H,6-7,11,13-14H2,1H3;1H/t20-,21+;/m0./s1. The van der Waals surface area contributed by atoms with Gasteiger partial charge in [-0.3, -0.25) is 4.98 Å². The number of hydrogen-bond donors (Lipinski definition) is 1. The van der Waals surface area contributed by atoms with Gasteiger partial charge in [0.25, 0.3) is 0 Å². The SMILES string of the molecule is CN(c1ncnc2sc(CC(F)(F)F)cc12)[C@@H]1CC[C@H](NCc2ccc(-c3cnc4ccoc4c3)cc2)C1.Cl. The van der Waals surface area contributed by atoms with Gasteiger partial charge < -0.3 is 14.6 Å². The number of aromatic nitrogens is 3. The molecule has 6 rings (SSSR count). The summed E-state index contributed by atoms with van der Waals surface area (Å²) in [6, 6.07) is 14.5. The van der Waals surface area contributed by atoms with Crippen LogP contribution in [0.3, 0.4) is 0 Å². The molecule has 0 radical (unpaired) electrons. The van der Waals surface area contributed by atoms with Crippen molar-refractivity contribution in [1.82, 2.24) is 20.3 Å². The lowest BCUT2D eigenvalue weighted by Gasteiger charge is -2.26. The quantitative estimate of drug-likeness (QED) is 0.223. The first-order valence-corrected chi connectivity index (χ1v) is 13.3. The van der Waals surface area contributed by atoms with E-state index in [4.69, 9.17) is 4.42 Å². The first kappa shape index (κ1) is 27.4. The van der Waals surface area contributed by atoms with Gasteiger partial charge in [-0.15, -0.1) is 23.7 Å². The molecule has 6 nitrogen and oxygen atoms in total. The number of nitrogens with one attached hydrogen (secondary N) is 1. The monoisotopic (exact) mass is 573 g/mol. The van der Waals surface area contributed by atoms with Gasteiger partial charge in [0.05, 0.1) is 18.1 Å². The minimum atomic E-state index is -4.24. The topological polar surface area (TPSA) is 67.1 Å². The molecule has 2 atom stereocenters. The van der Waals surface area contributed by atoms with Gasteiger partial charge in [-0.2, -0.15) is 13.2 Å². The van der Waals surface area contributed by atoms with Crippen molar-refractivity contribution in [1.29, 1.82) is 0 Å². The number of fused-ring (bicyclic) bond motifs is 2. The number of thiophene rings is 1. The molecule has 1 fully saturated rings. The molecule has 1 aromatic carbocycles. The summed E-state index contributed by atoms with van der Waals surface area (Å²) >= 11 is 1.09. The zero-order valence-corrected chi connectivity index (χ0v) is 22.7. The van der Waals surface area contributed by atoms with E-state index in [-0.39, 0.29) is 23.3 Å². The highest BCUT2D eigenvalue weighted by atomic mass is 35.5. The number of furan rings is 1. The molecule has 4 heterocycles. The van der Waals surface area contributed by atoms with Crippen LogP contribution in [-0.2, 0) is 13.0 Å². The van der Waals surface area contributed by atoms with E-state index in [2.05, 4.69) is 49.4 Å². The fourth-order valence-corrected chi connectivity index (χ4v) is 6.23. The van der Waals surface area contributed by atoms with E-state index in [0.29, 0.717) is 22.1 Å². The molecule has 204 valence electrons. The Morgan fingerprint density at radius 1 is 1.05 bits per heavy atom. The third kappa shape index (κ3) is 6.03. The number of anilines is 1. The van der Waals surface area contributed by atoms with E-state index >= 15 is 0 Å². The van der Waals surface area contributed by atoms with Gasteiger partial charge in [0, 0.05) is 48.4 Å². The molecule has 1 N–H and O–H groups in total. The van der Waals surface area contributed by atoms with E-state index in [1.54, 1.807) is 12.3 Å². The molecule has 0 aliphatic heterocycles. The van der Waals surface area contributed by atoms with Crippen LogP contribution in [0.1, 0.15) is 29.7 Å². The summed E-state index contributed by atoms with van der Waals surface area (Å²) in [4.78, 5) is 16.0. The van der Waals surface area contributed by atoms with Crippen molar-refractivity contribution < 1.29 is 17.6 Å². The number of benzene rings is 1. The lowest BCUT2D eigenvalue weighted by atomic mass is 10.1. The second kappa shape index (κ2) is 11.1. The summed E-state index contributed by atoms with van der Waals surface area (Å²) in [5.74, 6) is 0.697. The van der Waals surface area contributed by atoms with Crippen LogP contribution in [0.2, 0.25) is 0 Å². The zero-order valence-electron chi connectivity index (χ0n) is 21.1. The van der Waals surface area contributed by atoms with Crippen molar-refractivity contribution in [2.75, 3.05) is 11.9 Å². The van der Waals surface area contributed by atoms with E-state index in [9.17, 15) is 13.2 Å². The Morgan fingerprint density at radius 2 is 1.87 bits per heavy atom.